The van der Waals surface area contributed by atoms with Crippen molar-refractivity contribution < 1.29 is 9.90 Å². The molecule has 0 radical (unpaired) electrons. The van der Waals surface area contributed by atoms with Crippen molar-refractivity contribution in [3.63, 3.8) is 0 Å². The summed E-state index contributed by atoms with van der Waals surface area (Å²) in [6.45, 7) is 7.67. The van der Waals surface area contributed by atoms with Crippen molar-refractivity contribution in [2.45, 2.75) is 51.2 Å². The Bertz CT molecular complexity index is 472. The van der Waals surface area contributed by atoms with Gasteiger partial charge in [0.25, 0.3) is 0 Å². The van der Waals surface area contributed by atoms with E-state index in [-0.39, 0.29) is 12.0 Å². The maximum absolute atomic E-state index is 11.9. The highest BCUT2D eigenvalue weighted by molar-refractivity contribution is 5.80. The van der Waals surface area contributed by atoms with Crippen LogP contribution in [0.1, 0.15) is 39.0 Å². The molecule has 2 saturated carbocycles. The molecule has 1 heterocycles. The van der Waals surface area contributed by atoms with Gasteiger partial charge in [0, 0.05) is 51.2 Å². The van der Waals surface area contributed by atoms with Crippen molar-refractivity contribution in [2.75, 3.05) is 45.8 Å². The number of hydrogen-bond acceptors (Lipinski definition) is 4. The van der Waals surface area contributed by atoms with Crippen LogP contribution in [0, 0.1) is 5.92 Å². The van der Waals surface area contributed by atoms with Crippen molar-refractivity contribution in [1.82, 2.24) is 20.4 Å². The van der Waals surface area contributed by atoms with E-state index in [0.29, 0.717) is 25.0 Å². The normalized spacial score (nSPS) is 28.2. The van der Waals surface area contributed by atoms with Gasteiger partial charge in [-0.05, 0) is 32.6 Å². The van der Waals surface area contributed by atoms with E-state index in [1.54, 1.807) is 0 Å². The molecular formula is C18H33N5O2. The predicted octanol–water partition coefficient (Wildman–Crippen LogP) is 0.00910. The number of hydrogen-bond donors (Lipinski definition) is 3. The summed E-state index contributed by atoms with van der Waals surface area (Å²) in [6.07, 6.45) is 5.19. The molecular weight excluding hydrogens is 318 g/mol. The van der Waals surface area contributed by atoms with Gasteiger partial charge in [-0.3, -0.25) is 14.7 Å². The average Bonchev–Trinajstić information content (AvgIpc) is 3.32. The number of carbonyl (C=O) groups excluding carboxylic acids is 1. The number of amides is 1. The molecule has 3 rings (SSSR count). The maximum atomic E-state index is 11.9. The molecule has 7 nitrogen and oxygen atoms in total. The lowest BCUT2D eigenvalue weighted by Crippen LogP contribution is -2.54. The summed E-state index contributed by atoms with van der Waals surface area (Å²) >= 11 is 0. The van der Waals surface area contributed by atoms with Crippen molar-refractivity contribution in [3.8, 4) is 0 Å². The minimum Gasteiger partial charge on any atom is -0.393 e. The van der Waals surface area contributed by atoms with Gasteiger partial charge in [-0.2, -0.15) is 0 Å². The zero-order valence-electron chi connectivity index (χ0n) is 15.4. The van der Waals surface area contributed by atoms with Gasteiger partial charge in [-0.15, -0.1) is 0 Å². The number of aliphatic imine (C=N–C) groups is 1. The fourth-order valence-electron chi connectivity index (χ4n) is 3.68. The number of rotatable bonds is 6. The standard InChI is InChI=1S/C18H33N5O2/c1-2-19-18(20-12-14-4-3-5-16(14)24)23-10-8-22(9-11-23)13-17(25)21-15-6-7-15/h14-16,24H,2-13H2,1H3,(H,19,20)(H,21,25). The zero-order chi connectivity index (χ0) is 17.6. The van der Waals surface area contributed by atoms with E-state index >= 15 is 0 Å². The van der Waals surface area contributed by atoms with Gasteiger partial charge in [0.2, 0.25) is 5.91 Å². The van der Waals surface area contributed by atoms with E-state index in [1.165, 1.54) is 0 Å². The summed E-state index contributed by atoms with van der Waals surface area (Å²) in [7, 11) is 0. The summed E-state index contributed by atoms with van der Waals surface area (Å²) in [4.78, 5) is 21.2. The third-order valence-electron chi connectivity index (χ3n) is 5.41. The Morgan fingerprint density at radius 1 is 1.16 bits per heavy atom. The Morgan fingerprint density at radius 2 is 1.92 bits per heavy atom. The van der Waals surface area contributed by atoms with Crippen LogP contribution in [0.5, 0.6) is 0 Å². The Balaban J connectivity index is 1.45. The molecule has 2 aliphatic carbocycles. The van der Waals surface area contributed by atoms with Crippen molar-refractivity contribution in [3.05, 3.63) is 0 Å². The first-order chi connectivity index (χ1) is 12.2. The third-order valence-corrected chi connectivity index (χ3v) is 5.41. The van der Waals surface area contributed by atoms with Gasteiger partial charge in [0.05, 0.1) is 12.6 Å². The minimum absolute atomic E-state index is 0.159. The lowest BCUT2D eigenvalue weighted by molar-refractivity contribution is -0.122. The monoisotopic (exact) mass is 351 g/mol. The minimum atomic E-state index is -0.187. The lowest BCUT2D eigenvalue weighted by Gasteiger charge is -2.36. The second-order valence-electron chi connectivity index (χ2n) is 7.56. The lowest BCUT2D eigenvalue weighted by atomic mass is 10.1. The Hall–Kier alpha value is -1.34. The molecule has 0 bridgehead atoms. The van der Waals surface area contributed by atoms with Gasteiger partial charge >= 0.3 is 0 Å². The number of piperazine rings is 1. The van der Waals surface area contributed by atoms with Crippen LogP contribution in [0.15, 0.2) is 4.99 Å². The highest BCUT2D eigenvalue weighted by Crippen LogP contribution is 2.25. The van der Waals surface area contributed by atoms with Crippen molar-refractivity contribution >= 4 is 11.9 Å². The molecule has 0 aromatic heterocycles. The fraction of sp³-hybridized carbons (Fsp3) is 0.889. The van der Waals surface area contributed by atoms with Gasteiger partial charge in [-0.1, -0.05) is 6.42 Å². The molecule has 3 fully saturated rings. The molecule has 2 atom stereocenters. The smallest absolute Gasteiger partial charge is 0.234 e. The second-order valence-corrected chi connectivity index (χ2v) is 7.56. The molecule has 1 aliphatic heterocycles. The Kier molecular flexibility index (Phi) is 6.53. The molecule has 142 valence electrons. The number of aliphatic hydroxyl groups excluding tert-OH is 1. The molecule has 3 aliphatic rings. The quantitative estimate of drug-likeness (QED) is 0.464. The van der Waals surface area contributed by atoms with Crippen molar-refractivity contribution in [2.24, 2.45) is 10.9 Å². The van der Waals surface area contributed by atoms with Crippen LogP contribution in [0.25, 0.3) is 0 Å². The van der Waals surface area contributed by atoms with Crippen LogP contribution >= 0.6 is 0 Å². The van der Waals surface area contributed by atoms with E-state index in [4.69, 9.17) is 4.99 Å². The highest BCUT2D eigenvalue weighted by atomic mass is 16.3. The van der Waals surface area contributed by atoms with E-state index in [2.05, 4.69) is 27.4 Å². The topological polar surface area (TPSA) is 80.2 Å². The molecule has 7 heteroatoms. The van der Waals surface area contributed by atoms with E-state index < -0.39 is 0 Å². The summed E-state index contributed by atoms with van der Waals surface area (Å²) in [6, 6.07) is 0.437. The summed E-state index contributed by atoms with van der Waals surface area (Å²) in [5, 5.41) is 16.4. The molecule has 1 amide bonds. The SMILES string of the molecule is CCNC(=NCC1CCCC1O)N1CCN(CC(=O)NC2CC2)CC1. The Labute approximate surface area is 150 Å². The highest BCUT2D eigenvalue weighted by Gasteiger charge is 2.27. The van der Waals surface area contributed by atoms with E-state index in [1.807, 2.05) is 0 Å². The van der Waals surface area contributed by atoms with Crippen molar-refractivity contribution in [1.29, 1.82) is 0 Å². The summed E-state index contributed by atoms with van der Waals surface area (Å²) in [5.74, 6) is 1.41. The Morgan fingerprint density at radius 3 is 2.52 bits per heavy atom. The van der Waals surface area contributed by atoms with Crippen LogP contribution in [0.3, 0.4) is 0 Å². The first-order valence-electron chi connectivity index (χ1n) is 9.88. The average molecular weight is 351 g/mol. The number of guanidine groups is 1. The first-order valence-corrected chi connectivity index (χ1v) is 9.88. The first kappa shape index (κ1) is 18.5. The third kappa shape index (κ3) is 5.57. The van der Waals surface area contributed by atoms with Crippen LogP contribution in [-0.2, 0) is 4.79 Å². The van der Waals surface area contributed by atoms with Crippen LogP contribution in [0.2, 0.25) is 0 Å². The van der Waals surface area contributed by atoms with Gasteiger partial charge in [0.1, 0.15) is 0 Å². The molecule has 0 aromatic carbocycles. The van der Waals surface area contributed by atoms with Crippen LogP contribution in [-0.4, -0.2) is 84.7 Å². The number of carbonyl (C=O) groups is 1. The molecule has 2 unspecified atom stereocenters. The fourth-order valence-corrected chi connectivity index (χ4v) is 3.68. The second kappa shape index (κ2) is 8.85. The summed E-state index contributed by atoms with van der Waals surface area (Å²) in [5.41, 5.74) is 0. The van der Waals surface area contributed by atoms with E-state index in [0.717, 1.165) is 70.8 Å². The summed E-state index contributed by atoms with van der Waals surface area (Å²) < 4.78 is 0. The van der Waals surface area contributed by atoms with Crippen LogP contribution < -0.4 is 10.6 Å². The molecule has 0 aromatic rings. The maximum Gasteiger partial charge on any atom is 0.234 e. The van der Waals surface area contributed by atoms with E-state index in [9.17, 15) is 9.90 Å². The van der Waals surface area contributed by atoms with Crippen LogP contribution in [0.4, 0.5) is 0 Å². The number of aliphatic hydroxyl groups is 1. The molecule has 25 heavy (non-hydrogen) atoms. The predicted molar refractivity (Wildman–Crippen MR) is 98.5 cm³/mol. The largest absolute Gasteiger partial charge is 0.393 e. The van der Waals surface area contributed by atoms with Gasteiger partial charge < -0.3 is 20.6 Å². The van der Waals surface area contributed by atoms with Gasteiger partial charge in [-0.25, -0.2) is 0 Å². The zero-order valence-corrected chi connectivity index (χ0v) is 15.4. The molecule has 3 N–H and O–H groups in total. The number of nitrogens with one attached hydrogen (secondary N) is 2. The molecule has 0 spiro atoms. The van der Waals surface area contributed by atoms with Gasteiger partial charge in [0.15, 0.2) is 5.96 Å². The number of nitrogens with zero attached hydrogens (tertiary/aromatic N) is 3. The molecule has 1 saturated heterocycles.